The van der Waals surface area contributed by atoms with Crippen molar-refractivity contribution in [3.05, 3.63) is 29.8 Å². The highest BCUT2D eigenvalue weighted by molar-refractivity contribution is 6.05. The molecule has 1 aromatic rings. The van der Waals surface area contributed by atoms with Gasteiger partial charge in [-0.1, -0.05) is 12.1 Å². The molecule has 1 aromatic carbocycles. The first-order chi connectivity index (χ1) is 11.9. The summed E-state index contributed by atoms with van der Waals surface area (Å²) in [6.07, 6.45) is -5.50. The van der Waals surface area contributed by atoms with E-state index in [1.165, 1.54) is 0 Å². The van der Waals surface area contributed by atoms with Gasteiger partial charge in [-0.2, -0.15) is 13.2 Å². The number of hydrogen-bond acceptors (Lipinski definition) is 4. The van der Waals surface area contributed by atoms with Crippen LogP contribution in [0.4, 0.5) is 13.2 Å². The van der Waals surface area contributed by atoms with Crippen molar-refractivity contribution in [2.75, 3.05) is 6.61 Å². The maximum Gasteiger partial charge on any atom is 0.395 e. The summed E-state index contributed by atoms with van der Waals surface area (Å²) in [6, 6.07) is 5.58. The lowest BCUT2D eigenvalue weighted by Gasteiger charge is -2.31. The number of halogens is 3. The van der Waals surface area contributed by atoms with Crippen molar-refractivity contribution < 1.29 is 32.2 Å². The fourth-order valence-corrected chi connectivity index (χ4v) is 4.03. The molecule has 3 aliphatic rings. The van der Waals surface area contributed by atoms with Crippen LogP contribution in [0.3, 0.4) is 0 Å². The molecule has 2 saturated heterocycles. The molecule has 134 valence electrons. The highest BCUT2D eigenvalue weighted by atomic mass is 19.4. The zero-order valence-electron chi connectivity index (χ0n) is 13.1. The minimum Gasteiger partial charge on any atom is -0.490 e. The van der Waals surface area contributed by atoms with E-state index in [9.17, 15) is 22.8 Å². The van der Waals surface area contributed by atoms with E-state index in [2.05, 4.69) is 5.32 Å². The molecule has 25 heavy (non-hydrogen) atoms. The smallest absolute Gasteiger partial charge is 0.395 e. The summed E-state index contributed by atoms with van der Waals surface area (Å²) in [5.41, 5.74) is 0.315. The first-order valence-electron chi connectivity index (χ1n) is 8.15. The molecule has 5 unspecified atom stereocenters. The summed E-state index contributed by atoms with van der Waals surface area (Å²) >= 11 is 0. The molecular weight excluding hydrogens is 339 g/mol. The molecule has 0 aliphatic carbocycles. The van der Waals surface area contributed by atoms with Crippen LogP contribution < -0.4 is 10.1 Å². The lowest BCUT2D eigenvalue weighted by molar-refractivity contribution is -0.197. The molecule has 5 atom stereocenters. The van der Waals surface area contributed by atoms with Gasteiger partial charge in [0.15, 0.2) is 5.78 Å². The molecule has 1 N–H and O–H groups in total. The second-order valence-electron chi connectivity index (χ2n) is 6.62. The zero-order chi connectivity index (χ0) is 17.8. The number of hydrogen-bond donors (Lipinski definition) is 1. The Morgan fingerprint density at radius 2 is 1.88 bits per heavy atom. The lowest BCUT2D eigenvalue weighted by atomic mass is 9.78. The maximum atomic E-state index is 13.3. The van der Waals surface area contributed by atoms with Gasteiger partial charge in [0, 0.05) is 0 Å². The van der Waals surface area contributed by atoms with Gasteiger partial charge in [0.1, 0.15) is 18.4 Å². The van der Waals surface area contributed by atoms with Gasteiger partial charge < -0.3 is 14.8 Å². The largest absolute Gasteiger partial charge is 0.490 e. The van der Waals surface area contributed by atoms with Gasteiger partial charge in [-0.15, -0.1) is 0 Å². The number of nitrogens with one attached hydrogen (secondary N) is 1. The van der Waals surface area contributed by atoms with Crippen LogP contribution in [0.2, 0.25) is 0 Å². The Kier molecular flexibility index (Phi) is 3.75. The number of ketones is 1. The number of amides is 1. The summed E-state index contributed by atoms with van der Waals surface area (Å²) < 4.78 is 50.7. The Hall–Kier alpha value is -2.09. The van der Waals surface area contributed by atoms with E-state index in [0.29, 0.717) is 24.2 Å². The molecule has 0 aromatic heterocycles. The normalized spacial score (nSPS) is 33.7. The zero-order valence-corrected chi connectivity index (χ0v) is 13.1. The Labute approximate surface area is 141 Å². The van der Waals surface area contributed by atoms with E-state index in [1.54, 1.807) is 24.3 Å². The molecule has 8 heteroatoms. The van der Waals surface area contributed by atoms with Crippen LogP contribution in [0, 0.1) is 11.8 Å². The quantitative estimate of drug-likeness (QED) is 0.883. The summed E-state index contributed by atoms with van der Waals surface area (Å²) in [7, 11) is 0. The van der Waals surface area contributed by atoms with Gasteiger partial charge in [0.2, 0.25) is 5.91 Å². The standard InChI is InChI=1S/C17H16F3NO4/c18-17(19,20)14-12-6-5-11(25-12)13(14)16(23)21-9-7-24-10-4-2-1-3-8(10)15(9)22/h1-4,9,11-14H,5-7H2,(H,21,23). The third-order valence-corrected chi connectivity index (χ3v) is 5.14. The SMILES string of the molecule is O=C1c2ccccc2OCC1NC(=O)C1C2CCC(O2)C1C(F)(F)F. The van der Waals surface area contributed by atoms with Crippen LogP contribution in [0.15, 0.2) is 24.3 Å². The average Bonchev–Trinajstić information content (AvgIpc) is 3.18. The van der Waals surface area contributed by atoms with Crippen molar-refractivity contribution in [2.45, 2.75) is 37.3 Å². The van der Waals surface area contributed by atoms with Crippen LogP contribution in [0.25, 0.3) is 0 Å². The van der Waals surface area contributed by atoms with Crippen molar-refractivity contribution in [3.63, 3.8) is 0 Å². The number of ether oxygens (including phenoxy) is 2. The van der Waals surface area contributed by atoms with E-state index >= 15 is 0 Å². The fraction of sp³-hybridized carbons (Fsp3) is 0.529. The molecule has 0 saturated carbocycles. The van der Waals surface area contributed by atoms with E-state index in [0.717, 1.165) is 0 Å². The Morgan fingerprint density at radius 1 is 1.16 bits per heavy atom. The Morgan fingerprint density at radius 3 is 2.64 bits per heavy atom. The van der Waals surface area contributed by atoms with E-state index in [1.807, 2.05) is 0 Å². The third kappa shape index (κ3) is 2.68. The van der Waals surface area contributed by atoms with E-state index in [-0.39, 0.29) is 12.4 Å². The second kappa shape index (κ2) is 5.72. The number of fused-ring (bicyclic) bond motifs is 3. The van der Waals surface area contributed by atoms with Crippen LogP contribution in [-0.4, -0.2) is 42.7 Å². The highest BCUT2D eigenvalue weighted by Crippen LogP contribution is 2.50. The van der Waals surface area contributed by atoms with E-state index < -0.39 is 42.2 Å². The monoisotopic (exact) mass is 355 g/mol. The summed E-state index contributed by atoms with van der Waals surface area (Å²) in [4.78, 5) is 25.0. The summed E-state index contributed by atoms with van der Waals surface area (Å²) in [5.74, 6) is -3.88. The molecule has 4 rings (SSSR count). The van der Waals surface area contributed by atoms with Gasteiger partial charge in [-0.05, 0) is 25.0 Å². The molecule has 3 aliphatic heterocycles. The fourth-order valence-electron chi connectivity index (χ4n) is 4.03. The highest BCUT2D eigenvalue weighted by Gasteiger charge is 2.62. The number of carbonyl (C=O) groups excluding carboxylic acids is 2. The summed E-state index contributed by atoms with van der Waals surface area (Å²) in [5, 5.41) is 2.44. The Bertz CT molecular complexity index is 720. The maximum absolute atomic E-state index is 13.3. The predicted molar refractivity (Wildman–Crippen MR) is 79.1 cm³/mol. The minimum atomic E-state index is -4.51. The lowest BCUT2D eigenvalue weighted by Crippen LogP contribution is -2.53. The van der Waals surface area contributed by atoms with Crippen molar-refractivity contribution in [3.8, 4) is 5.75 Å². The molecular formula is C17H16F3NO4. The summed E-state index contributed by atoms with van der Waals surface area (Å²) in [6.45, 7) is -0.0973. The molecule has 5 nitrogen and oxygen atoms in total. The van der Waals surface area contributed by atoms with Gasteiger partial charge in [-0.25, -0.2) is 0 Å². The van der Waals surface area contributed by atoms with Crippen LogP contribution in [0.5, 0.6) is 5.75 Å². The van der Waals surface area contributed by atoms with E-state index in [4.69, 9.17) is 9.47 Å². The molecule has 2 fully saturated rings. The Balaban J connectivity index is 1.52. The van der Waals surface area contributed by atoms with Gasteiger partial charge in [-0.3, -0.25) is 9.59 Å². The van der Waals surface area contributed by atoms with Gasteiger partial charge in [0.25, 0.3) is 0 Å². The number of carbonyl (C=O) groups is 2. The molecule has 1 amide bonds. The first kappa shape index (κ1) is 16.4. The van der Waals surface area contributed by atoms with Gasteiger partial charge in [0.05, 0.1) is 29.6 Å². The van der Waals surface area contributed by atoms with Crippen LogP contribution in [0.1, 0.15) is 23.2 Å². The van der Waals surface area contributed by atoms with Crippen molar-refractivity contribution in [1.82, 2.24) is 5.32 Å². The van der Waals surface area contributed by atoms with Crippen LogP contribution >= 0.6 is 0 Å². The minimum absolute atomic E-state index is 0.0973. The molecule has 0 radical (unpaired) electrons. The average molecular weight is 355 g/mol. The number of Topliss-reactive ketones (excluding diaryl/α,β-unsaturated/α-hetero) is 1. The van der Waals surface area contributed by atoms with Crippen LogP contribution in [-0.2, 0) is 9.53 Å². The van der Waals surface area contributed by atoms with Crippen molar-refractivity contribution in [2.24, 2.45) is 11.8 Å². The molecule has 0 spiro atoms. The topological polar surface area (TPSA) is 64.6 Å². The van der Waals surface area contributed by atoms with Crippen molar-refractivity contribution in [1.29, 1.82) is 0 Å². The van der Waals surface area contributed by atoms with Crippen molar-refractivity contribution >= 4 is 11.7 Å². The number of benzene rings is 1. The predicted octanol–water partition coefficient (Wildman–Crippen LogP) is 2.10. The molecule has 3 heterocycles. The third-order valence-electron chi connectivity index (χ3n) is 5.14. The number of rotatable bonds is 2. The molecule has 2 bridgehead atoms. The first-order valence-corrected chi connectivity index (χ1v) is 8.15. The number of para-hydroxylation sites is 1. The number of alkyl halides is 3. The van der Waals surface area contributed by atoms with Gasteiger partial charge >= 0.3 is 6.18 Å². The second-order valence-corrected chi connectivity index (χ2v) is 6.62.